The number of nitrogens with zero attached hydrogens (tertiary/aromatic N) is 3. The van der Waals surface area contributed by atoms with Crippen LogP contribution in [0.15, 0.2) is 48.4 Å². The molecule has 0 saturated heterocycles. The van der Waals surface area contributed by atoms with Crippen molar-refractivity contribution in [3.05, 3.63) is 48.4 Å². The average molecular weight is 468 g/mol. The van der Waals surface area contributed by atoms with Gasteiger partial charge in [0.05, 0.1) is 24.9 Å². The Morgan fingerprint density at radius 1 is 1.24 bits per heavy atom. The van der Waals surface area contributed by atoms with Crippen molar-refractivity contribution in [3.63, 3.8) is 0 Å². The number of benzene rings is 1. The number of carboxylic acids is 1. The molecule has 0 radical (unpaired) electrons. The van der Waals surface area contributed by atoms with Crippen LogP contribution < -0.4 is 40.0 Å². The molecule has 1 aromatic carbocycles. The van der Waals surface area contributed by atoms with Crippen LogP contribution in [-0.4, -0.2) is 73.2 Å². The first kappa shape index (κ1) is 27.0. The molecule has 1 aliphatic rings. The number of aliphatic hydroxyl groups is 3. The number of hydrogen-bond donors (Lipinski definition) is 4. The molecule has 172 valence electrons. The topological polar surface area (TPSA) is 170 Å². The van der Waals surface area contributed by atoms with Crippen molar-refractivity contribution < 1.29 is 64.3 Å². The Kier molecular flexibility index (Phi) is 9.58. The Hall–Kier alpha value is -2.28. The summed E-state index contributed by atoms with van der Waals surface area (Å²) in [6, 6.07) is 7.14. The molecule has 2 aromatic rings. The SMILES string of the molecule is CC(C)C(=O)N[C@H]1[C@H]([C@H](O)C(O)CO)OC(C(=O)[O-])=C[C@@H]1n1cc(-c2ccccc2)nn1.[Na+]. The molecule has 1 aliphatic heterocycles. The first-order valence-electron chi connectivity index (χ1n) is 10.1. The van der Waals surface area contributed by atoms with Crippen molar-refractivity contribution in [2.24, 2.45) is 5.92 Å². The molecule has 3 rings (SSSR count). The molecule has 5 atom stereocenters. The number of ether oxygens (including phenoxy) is 1. The van der Waals surface area contributed by atoms with Crippen LogP contribution in [0.4, 0.5) is 0 Å². The summed E-state index contributed by atoms with van der Waals surface area (Å²) in [5.74, 6) is -3.08. The van der Waals surface area contributed by atoms with E-state index in [9.17, 15) is 30.0 Å². The van der Waals surface area contributed by atoms with Gasteiger partial charge in [0.2, 0.25) is 5.91 Å². The molecular formula is C21H25N4NaO7. The smallest absolute Gasteiger partial charge is 0.542 e. The molecule has 33 heavy (non-hydrogen) atoms. The van der Waals surface area contributed by atoms with Crippen LogP contribution >= 0.6 is 0 Å². The van der Waals surface area contributed by atoms with Crippen LogP contribution in [-0.2, 0) is 14.3 Å². The second-order valence-corrected chi connectivity index (χ2v) is 7.77. The quantitative estimate of drug-likeness (QED) is 0.278. The second kappa shape index (κ2) is 11.7. The van der Waals surface area contributed by atoms with Crippen molar-refractivity contribution in [2.75, 3.05) is 6.61 Å². The normalized spacial score (nSPS) is 21.9. The fourth-order valence-electron chi connectivity index (χ4n) is 3.34. The largest absolute Gasteiger partial charge is 1.00 e. The predicted molar refractivity (Wildman–Crippen MR) is 108 cm³/mol. The fourth-order valence-corrected chi connectivity index (χ4v) is 3.34. The Labute approximate surface area is 212 Å². The zero-order valence-corrected chi connectivity index (χ0v) is 20.5. The molecule has 11 nitrogen and oxygen atoms in total. The van der Waals surface area contributed by atoms with Crippen LogP contribution in [0.25, 0.3) is 11.3 Å². The van der Waals surface area contributed by atoms with Crippen LogP contribution in [0, 0.1) is 5.92 Å². The molecule has 0 spiro atoms. The molecule has 4 N–H and O–H groups in total. The number of amides is 1. The maximum atomic E-state index is 12.5. The van der Waals surface area contributed by atoms with Gasteiger partial charge in [-0.25, -0.2) is 4.68 Å². The summed E-state index contributed by atoms with van der Waals surface area (Å²) < 4.78 is 6.71. The van der Waals surface area contributed by atoms with Gasteiger partial charge in [-0.2, -0.15) is 0 Å². The molecular weight excluding hydrogens is 443 g/mol. The monoisotopic (exact) mass is 468 g/mol. The van der Waals surface area contributed by atoms with E-state index in [2.05, 4.69) is 15.6 Å². The molecule has 12 heteroatoms. The second-order valence-electron chi connectivity index (χ2n) is 7.77. The molecule has 0 saturated carbocycles. The maximum absolute atomic E-state index is 12.5. The van der Waals surface area contributed by atoms with Gasteiger partial charge in [0.15, 0.2) is 0 Å². The third-order valence-corrected chi connectivity index (χ3v) is 5.14. The van der Waals surface area contributed by atoms with Crippen LogP contribution in [0.5, 0.6) is 0 Å². The summed E-state index contributed by atoms with van der Waals surface area (Å²) in [6.07, 6.45) is -2.03. The summed E-state index contributed by atoms with van der Waals surface area (Å²) in [4.78, 5) is 24.1. The molecule has 1 unspecified atom stereocenters. The number of carboxylic acid groups (broad SMARTS) is 1. The van der Waals surface area contributed by atoms with E-state index in [4.69, 9.17) is 4.74 Å². The van der Waals surface area contributed by atoms with Crippen molar-refractivity contribution in [3.8, 4) is 11.3 Å². The van der Waals surface area contributed by atoms with Gasteiger partial charge in [-0.15, -0.1) is 5.10 Å². The molecule has 0 bridgehead atoms. The van der Waals surface area contributed by atoms with E-state index in [1.165, 1.54) is 10.8 Å². The van der Waals surface area contributed by atoms with E-state index >= 15 is 0 Å². The Morgan fingerprint density at radius 3 is 2.48 bits per heavy atom. The maximum Gasteiger partial charge on any atom is 1.00 e. The number of aromatic nitrogens is 3. The van der Waals surface area contributed by atoms with Gasteiger partial charge in [-0.1, -0.05) is 49.4 Å². The minimum Gasteiger partial charge on any atom is -0.542 e. The Balaban J connectivity index is 0.00000385. The third-order valence-electron chi connectivity index (χ3n) is 5.14. The van der Waals surface area contributed by atoms with E-state index < -0.39 is 60.6 Å². The molecule has 2 heterocycles. The minimum atomic E-state index is -1.72. The third kappa shape index (κ3) is 6.19. The standard InChI is InChI=1S/C21H26N4O7.Na/c1-11(2)20(29)22-17-14(25-9-13(23-24-25)12-6-4-3-5-7-12)8-16(21(30)31)32-19(17)18(28)15(27)10-26;/h3-9,11,14-15,17-19,26-28H,10H2,1-2H3,(H,22,29)(H,30,31);/q;+1/p-1/t14-,15?,17+,18+,19+;/m0./s1. The van der Waals surface area contributed by atoms with E-state index in [-0.39, 0.29) is 29.6 Å². The van der Waals surface area contributed by atoms with Crippen molar-refractivity contribution in [2.45, 2.75) is 44.2 Å². The van der Waals surface area contributed by atoms with Crippen LogP contribution in [0.1, 0.15) is 19.9 Å². The summed E-state index contributed by atoms with van der Waals surface area (Å²) in [6.45, 7) is 2.52. The van der Waals surface area contributed by atoms with Gasteiger partial charge in [0.25, 0.3) is 0 Å². The molecule has 0 fully saturated rings. The number of carbonyl (C=O) groups excluding carboxylic acids is 2. The van der Waals surface area contributed by atoms with Crippen LogP contribution in [0.2, 0.25) is 0 Å². The van der Waals surface area contributed by atoms with Gasteiger partial charge < -0.3 is 35.3 Å². The first-order valence-corrected chi connectivity index (χ1v) is 10.1. The van der Waals surface area contributed by atoms with E-state index in [0.29, 0.717) is 5.69 Å². The van der Waals surface area contributed by atoms with Crippen molar-refractivity contribution >= 4 is 11.9 Å². The number of aliphatic carboxylic acids is 1. The number of rotatable bonds is 8. The summed E-state index contributed by atoms with van der Waals surface area (Å²) in [7, 11) is 0. The number of aliphatic hydroxyl groups excluding tert-OH is 3. The van der Waals surface area contributed by atoms with E-state index in [0.717, 1.165) is 5.56 Å². The van der Waals surface area contributed by atoms with E-state index in [1.807, 2.05) is 30.3 Å². The van der Waals surface area contributed by atoms with Crippen molar-refractivity contribution in [1.29, 1.82) is 0 Å². The zero-order valence-electron chi connectivity index (χ0n) is 18.5. The van der Waals surface area contributed by atoms with Crippen LogP contribution in [0.3, 0.4) is 0 Å². The van der Waals surface area contributed by atoms with E-state index in [1.54, 1.807) is 20.0 Å². The average Bonchev–Trinajstić information content (AvgIpc) is 3.28. The minimum absolute atomic E-state index is 0. The number of carbonyl (C=O) groups is 2. The summed E-state index contributed by atoms with van der Waals surface area (Å²) >= 11 is 0. The van der Waals surface area contributed by atoms with Gasteiger partial charge >= 0.3 is 29.6 Å². The Morgan fingerprint density at radius 2 is 1.91 bits per heavy atom. The Bertz CT molecular complexity index is 982. The summed E-state index contributed by atoms with van der Waals surface area (Å²) in [5.41, 5.74) is 1.27. The summed E-state index contributed by atoms with van der Waals surface area (Å²) in [5, 5.41) is 52.3. The fraction of sp³-hybridized carbons (Fsp3) is 0.429. The number of hydrogen-bond acceptors (Lipinski definition) is 9. The zero-order chi connectivity index (χ0) is 23.4. The van der Waals surface area contributed by atoms with Gasteiger partial charge in [0.1, 0.15) is 35.7 Å². The first-order chi connectivity index (χ1) is 15.2. The van der Waals surface area contributed by atoms with Crippen molar-refractivity contribution in [1.82, 2.24) is 20.3 Å². The molecule has 1 aromatic heterocycles. The van der Waals surface area contributed by atoms with Gasteiger partial charge in [-0.3, -0.25) is 4.79 Å². The molecule has 0 aliphatic carbocycles. The van der Waals surface area contributed by atoms with Gasteiger partial charge in [0, 0.05) is 11.5 Å². The number of nitrogens with one attached hydrogen (secondary N) is 1. The van der Waals surface area contributed by atoms with Gasteiger partial charge in [-0.05, 0) is 6.08 Å². The molecule has 1 amide bonds. The predicted octanol–water partition coefficient (Wildman–Crippen LogP) is -4.62.